The van der Waals surface area contributed by atoms with Gasteiger partial charge < -0.3 is 15.2 Å². The standard InChI is InChI=1S/C16H17Cl2NO2/c1-10(19)11-3-5-16(14(18)8-11)21-9-12-7-13(17)4-6-15(12)20-2/h3-8,10H,9,19H2,1-2H3/t10-/m0/s1. The molecule has 2 aromatic rings. The molecule has 0 radical (unpaired) electrons. The van der Waals surface area contributed by atoms with E-state index in [2.05, 4.69) is 0 Å². The Balaban J connectivity index is 2.15. The van der Waals surface area contributed by atoms with E-state index in [1.807, 2.05) is 37.3 Å². The van der Waals surface area contributed by atoms with Crippen LogP contribution in [-0.2, 0) is 6.61 Å². The van der Waals surface area contributed by atoms with Crippen molar-refractivity contribution in [2.45, 2.75) is 19.6 Å². The minimum absolute atomic E-state index is 0.0652. The smallest absolute Gasteiger partial charge is 0.138 e. The number of hydrogen-bond donors (Lipinski definition) is 1. The second-order valence-electron chi connectivity index (χ2n) is 4.72. The van der Waals surface area contributed by atoms with Gasteiger partial charge in [-0.05, 0) is 42.8 Å². The van der Waals surface area contributed by atoms with Crippen LogP contribution >= 0.6 is 23.2 Å². The first-order valence-electron chi connectivity index (χ1n) is 6.51. The van der Waals surface area contributed by atoms with Crippen LogP contribution in [0.3, 0.4) is 0 Å². The van der Waals surface area contributed by atoms with Crippen LogP contribution in [0.5, 0.6) is 11.5 Å². The van der Waals surface area contributed by atoms with Gasteiger partial charge in [0, 0.05) is 16.6 Å². The Morgan fingerprint density at radius 3 is 2.43 bits per heavy atom. The van der Waals surface area contributed by atoms with Gasteiger partial charge in [0.15, 0.2) is 0 Å². The van der Waals surface area contributed by atoms with Crippen molar-refractivity contribution in [2.24, 2.45) is 5.73 Å². The summed E-state index contributed by atoms with van der Waals surface area (Å²) in [6, 6.07) is 10.9. The fourth-order valence-corrected chi connectivity index (χ4v) is 2.37. The highest BCUT2D eigenvalue weighted by Gasteiger charge is 2.09. The second-order valence-corrected chi connectivity index (χ2v) is 5.57. The number of halogens is 2. The Morgan fingerprint density at radius 2 is 1.81 bits per heavy atom. The summed E-state index contributed by atoms with van der Waals surface area (Å²) in [5.41, 5.74) is 7.65. The third kappa shape index (κ3) is 4.03. The number of rotatable bonds is 5. The van der Waals surface area contributed by atoms with Crippen LogP contribution in [0, 0.1) is 0 Å². The number of hydrogen-bond acceptors (Lipinski definition) is 3. The van der Waals surface area contributed by atoms with Gasteiger partial charge in [-0.1, -0.05) is 29.3 Å². The fourth-order valence-electron chi connectivity index (χ4n) is 1.93. The zero-order valence-corrected chi connectivity index (χ0v) is 13.4. The first kappa shape index (κ1) is 16.0. The van der Waals surface area contributed by atoms with Gasteiger partial charge in [0.05, 0.1) is 12.1 Å². The molecule has 2 N–H and O–H groups in total. The lowest BCUT2D eigenvalue weighted by atomic mass is 10.1. The Morgan fingerprint density at radius 1 is 1.10 bits per heavy atom. The van der Waals surface area contributed by atoms with E-state index in [1.54, 1.807) is 13.2 Å². The van der Waals surface area contributed by atoms with Gasteiger partial charge in [0.1, 0.15) is 18.1 Å². The predicted molar refractivity (Wildman–Crippen MR) is 86.4 cm³/mol. The summed E-state index contributed by atoms with van der Waals surface area (Å²) in [7, 11) is 1.61. The quantitative estimate of drug-likeness (QED) is 0.873. The van der Waals surface area contributed by atoms with Gasteiger partial charge in [-0.3, -0.25) is 0 Å². The molecule has 5 heteroatoms. The molecule has 0 amide bonds. The average molecular weight is 326 g/mol. The summed E-state index contributed by atoms with van der Waals surface area (Å²) in [5.74, 6) is 1.32. The Bertz CT molecular complexity index is 630. The highest BCUT2D eigenvalue weighted by atomic mass is 35.5. The molecule has 2 rings (SSSR count). The van der Waals surface area contributed by atoms with E-state index in [0.29, 0.717) is 22.4 Å². The summed E-state index contributed by atoms with van der Waals surface area (Å²) in [4.78, 5) is 0. The molecular formula is C16H17Cl2NO2. The monoisotopic (exact) mass is 325 g/mol. The average Bonchev–Trinajstić information content (AvgIpc) is 2.46. The van der Waals surface area contributed by atoms with Gasteiger partial charge in [0.2, 0.25) is 0 Å². The van der Waals surface area contributed by atoms with E-state index in [4.69, 9.17) is 38.4 Å². The number of ether oxygens (including phenoxy) is 2. The summed E-state index contributed by atoms with van der Waals surface area (Å²) in [6.07, 6.45) is 0. The second kappa shape index (κ2) is 7.03. The van der Waals surface area contributed by atoms with Gasteiger partial charge in [0.25, 0.3) is 0 Å². The van der Waals surface area contributed by atoms with Gasteiger partial charge in [-0.25, -0.2) is 0 Å². The van der Waals surface area contributed by atoms with E-state index >= 15 is 0 Å². The van der Waals surface area contributed by atoms with Crippen LogP contribution in [-0.4, -0.2) is 7.11 Å². The van der Waals surface area contributed by atoms with Crippen LogP contribution in [0.15, 0.2) is 36.4 Å². The maximum atomic E-state index is 6.21. The minimum atomic E-state index is -0.0652. The van der Waals surface area contributed by atoms with Crippen molar-refractivity contribution in [3.63, 3.8) is 0 Å². The SMILES string of the molecule is COc1ccc(Cl)cc1COc1ccc([C@H](C)N)cc1Cl. The molecule has 112 valence electrons. The van der Waals surface area contributed by atoms with Crippen molar-refractivity contribution in [1.82, 2.24) is 0 Å². The lowest BCUT2D eigenvalue weighted by Gasteiger charge is -2.13. The number of methoxy groups -OCH3 is 1. The maximum absolute atomic E-state index is 6.21. The third-order valence-electron chi connectivity index (χ3n) is 3.11. The largest absolute Gasteiger partial charge is 0.496 e. The number of benzene rings is 2. The Kier molecular flexibility index (Phi) is 5.34. The summed E-state index contributed by atoms with van der Waals surface area (Å²) in [6.45, 7) is 2.23. The lowest BCUT2D eigenvalue weighted by Crippen LogP contribution is -2.05. The van der Waals surface area contributed by atoms with Crippen LogP contribution in [0.4, 0.5) is 0 Å². The molecule has 0 saturated heterocycles. The Hall–Kier alpha value is -1.42. The molecule has 0 aromatic heterocycles. The van der Waals surface area contributed by atoms with E-state index in [1.165, 1.54) is 0 Å². The van der Waals surface area contributed by atoms with Gasteiger partial charge in [-0.15, -0.1) is 0 Å². The van der Waals surface area contributed by atoms with E-state index in [-0.39, 0.29) is 6.04 Å². The first-order chi connectivity index (χ1) is 10.0. The van der Waals surface area contributed by atoms with Crippen molar-refractivity contribution in [3.05, 3.63) is 57.6 Å². The van der Waals surface area contributed by atoms with Crippen molar-refractivity contribution in [3.8, 4) is 11.5 Å². The molecule has 0 unspecified atom stereocenters. The summed E-state index contributed by atoms with van der Waals surface area (Å²) >= 11 is 12.2. The van der Waals surface area contributed by atoms with Gasteiger partial charge >= 0.3 is 0 Å². The highest BCUT2D eigenvalue weighted by molar-refractivity contribution is 6.32. The van der Waals surface area contributed by atoms with Crippen molar-refractivity contribution < 1.29 is 9.47 Å². The molecule has 0 heterocycles. The zero-order chi connectivity index (χ0) is 15.4. The van der Waals surface area contributed by atoms with E-state index in [9.17, 15) is 0 Å². The molecule has 2 aromatic carbocycles. The molecule has 0 fully saturated rings. The van der Waals surface area contributed by atoms with Crippen LogP contribution < -0.4 is 15.2 Å². The van der Waals surface area contributed by atoms with E-state index < -0.39 is 0 Å². The molecule has 21 heavy (non-hydrogen) atoms. The van der Waals surface area contributed by atoms with Gasteiger partial charge in [-0.2, -0.15) is 0 Å². The Labute approximate surface area is 134 Å². The molecular weight excluding hydrogens is 309 g/mol. The van der Waals surface area contributed by atoms with Crippen molar-refractivity contribution in [2.75, 3.05) is 7.11 Å². The number of nitrogens with two attached hydrogens (primary N) is 1. The van der Waals surface area contributed by atoms with E-state index in [0.717, 1.165) is 16.9 Å². The molecule has 0 aliphatic rings. The van der Waals surface area contributed by atoms with Crippen molar-refractivity contribution >= 4 is 23.2 Å². The molecule has 3 nitrogen and oxygen atoms in total. The highest BCUT2D eigenvalue weighted by Crippen LogP contribution is 2.30. The molecule has 0 saturated carbocycles. The third-order valence-corrected chi connectivity index (χ3v) is 3.64. The van der Waals surface area contributed by atoms with Crippen LogP contribution in [0.1, 0.15) is 24.1 Å². The topological polar surface area (TPSA) is 44.5 Å². The van der Waals surface area contributed by atoms with Crippen LogP contribution in [0.25, 0.3) is 0 Å². The zero-order valence-electron chi connectivity index (χ0n) is 11.9. The molecule has 0 aliphatic carbocycles. The summed E-state index contributed by atoms with van der Waals surface area (Å²) < 4.78 is 11.0. The fraction of sp³-hybridized carbons (Fsp3) is 0.250. The first-order valence-corrected chi connectivity index (χ1v) is 7.27. The normalized spacial score (nSPS) is 12.0. The van der Waals surface area contributed by atoms with Crippen molar-refractivity contribution in [1.29, 1.82) is 0 Å². The molecule has 0 aliphatic heterocycles. The minimum Gasteiger partial charge on any atom is -0.496 e. The lowest BCUT2D eigenvalue weighted by molar-refractivity contribution is 0.297. The summed E-state index contributed by atoms with van der Waals surface area (Å²) in [5, 5.41) is 1.17. The molecule has 0 spiro atoms. The predicted octanol–water partition coefficient (Wildman–Crippen LogP) is 4.60. The maximum Gasteiger partial charge on any atom is 0.138 e. The molecule has 1 atom stereocenters. The molecule has 0 bridgehead atoms. The van der Waals surface area contributed by atoms with Crippen LogP contribution in [0.2, 0.25) is 10.0 Å².